The molecule has 0 saturated carbocycles. The molecule has 0 fully saturated rings. The second kappa shape index (κ2) is 29.5. The Bertz CT molecular complexity index is 1200. The molecule has 0 aromatic heterocycles. The van der Waals surface area contributed by atoms with E-state index in [1.807, 2.05) is 12.2 Å². The smallest absolute Gasteiger partial charge is 0.0788 e. The third-order valence-corrected chi connectivity index (χ3v) is 7.22. The maximum atomic E-state index is 10.9. The first-order valence-corrected chi connectivity index (χ1v) is 15.6. The highest BCUT2D eigenvalue weighted by molar-refractivity contribution is 5.01. The first kappa shape index (κ1) is 45.6. The fourth-order valence-corrected chi connectivity index (χ4v) is 4.76. The normalized spacial score (nSPS) is 15.4. The van der Waals surface area contributed by atoms with Crippen molar-refractivity contribution in [3.05, 3.63) is 112 Å². The van der Waals surface area contributed by atoms with Crippen molar-refractivity contribution in [2.24, 2.45) is 41.5 Å². The summed E-state index contributed by atoms with van der Waals surface area (Å²) in [6.07, 6.45) is 9.92. The van der Waals surface area contributed by atoms with Gasteiger partial charge >= 0.3 is 0 Å². The Kier molecular flexibility index (Phi) is 26.4. The van der Waals surface area contributed by atoms with Crippen molar-refractivity contribution in [3.8, 4) is 0 Å². The molecule has 4 atom stereocenters. The Balaban J connectivity index is 5.79. The molecule has 0 amide bonds. The molecule has 51 heavy (non-hydrogen) atoms. The Hall–Kier alpha value is -5.38. The van der Waals surface area contributed by atoms with Crippen LogP contribution in [0.3, 0.4) is 0 Å². The second-order valence-corrected chi connectivity index (χ2v) is 11.5. The second-order valence-electron chi connectivity index (χ2n) is 11.5. The number of hydrogen-bond donors (Lipinski definition) is 3. The minimum atomic E-state index is -1.11. The highest BCUT2D eigenvalue weighted by Gasteiger charge is 2.31. The zero-order valence-corrected chi connectivity index (χ0v) is 28.3. The van der Waals surface area contributed by atoms with E-state index in [0.717, 1.165) is 0 Å². The van der Waals surface area contributed by atoms with Gasteiger partial charge in [-0.05, 0) is 58.9 Å². The molecule has 0 heterocycles. The summed E-state index contributed by atoms with van der Waals surface area (Å²) in [7, 11) is 0. The van der Waals surface area contributed by atoms with Crippen LogP contribution in [0.2, 0.25) is 0 Å². The van der Waals surface area contributed by atoms with Crippen LogP contribution >= 0.6 is 0 Å². The molecule has 0 rings (SSSR count). The summed E-state index contributed by atoms with van der Waals surface area (Å²) >= 11 is 0. The number of aliphatic hydroxyl groups is 2. The Morgan fingerprint density at radius 1 is 0.569 bits per heavy atom. The summed E-state index contributed by atoms with van der Waals surface area (Å²) in [5, 5.41) is 46.6. The van der Waals surface area contributed by atoms with Gasteiger partial charge in [0.15, 0.2) is 0 Å². The molecular formula is C28H45N19O4. The van der Waals surface area contributed by atoms with E-state index < -0.39 is 23.0 Å². The van der Waals surface area contributed by atoms with Crippen molar-refractivity contribution in [3.63, 3.8) is 0 Å². The zero-order valence-electron chi connectivity index (χ0n) is 28.3. The van der Waals surface area contributed by atoms with E-state index in [9.17, 15) is 10.2 Å². The van der Waals surface area contributed by atoms with Crippen LogP contribution < -0.4 is 5.32 Å². The minimum absolute atomic E-state index is 0.132. The molecule has 0 radical (unpaired) electrons. The molecule has 0 spiro atoms. The SMILES string of the molecule is C=CC=CCC(CC(O)COCC(CN=[N+]=[N-])(CN=[N+]=[N-])CN=[N+]=[N-])NC(CC=CC=C)CC(O)COCC(CN=[N+]=[N-])(CN=[N+]=[N-])CN=[N+]=[N-]. The van der Waals surface area contributed by atoms with E-state index in [1.54, 1.807) is 24.3 Å². The first-order valence-electron chi connectivity index (χ1n) is 15.6. The maximum Gasteiger partial charge on any atom is 0.0788 e. The summed E-state index contributed by atoms with van der Waals surface area (Å²) in [5.74, 6) is 0. The lowest BCUT2D eigenvalue weighted by atomic mass is 9.89. The molecule has 0 aromatic rings. The number of allylic oxidation sites excluding steroid dienone is 4. The third-order valence-electron chi connectivity index (χ3n) is 7.22. The number of hydrogen-bond acceptors (Lipinski definition) is 11. The predicted molar refractivity (Wildman–Crippen MR) is 190 cm³/mol. The predicted octanol–water partition coefficient (Wildman–Crippen LogP) is 6.95. The molecule has 3 N–H and O–H groups in total. The topological polar surface area (TPSA) is 364 Å². The van der Waals surface area contributed by atoms with Gasteiger partial charge in [-0.2, -0.15) is 0 Å². The van der Waals surface area contributed by atoms with Crippen LogP contribution in [0.25, 0.3) is 62.7 Å². The highest BCUT2D eigenvalue weighted by Crippen LogP contribution is 2.23. The van der Waals surface area contributed by atoms with Crippen LogP contribution in [-0.2, 0) is 9.47 Å². The fraction of sp³-hybridized carbons (Fsp3) is 0.714. The van der Waals surface area contributed by atoms with Crippen LogP contribution in [0.4, 0.5) is 0 Å². The average molecular weight is 712 g/mol. The van der Waals surface area contributed by atoms with Gasteiger partial charge in [-0.3, -0.25) is 0 Å². The van der Waals surface area contributed by atoms with E-state index in [2.05, 4.69) is 78.6 Å². The molecule has 23 heteroatoms. The average Bonchev–Trinajstić information content (AvgIpc) is 3.12. The van der Waals surface area contributed by atoms with Crippen molar-refractivity contribution < 1.29 is 19.7 Å². The zero-order chi connectivity index (χ0) is 38.1. The van der Waals surface area contributed by atoms with E-state index in [0.29, 0.717) is 12.8 Å². The minimum Gasteiger partial charge on any atom is -0.391 e. The highest BCUT2D eigenvalue weighted by atomic mass is 16.5. The number of ether oxygens (including phenoxy) is 2. The molecule has 276 valence electrons. The van der Waals surface area contributed by atoms with Crippen LogP contribution in [0, 0.1) is 10.8 Å². The number of nitrogens with one attached hydrogen (secondary N) is 1. The van der Waals surface area contributed by atoms with Crippen LogP contribution in [-0.4, -0.2) is 100 Å². The summed E-state index contributed by atoms with van der Waals surface area (Å²) in [4.78, 5) is 16.4. The molecular weight excluding hydrogens is 666 g/mol. The van der Waals surface area contributed by atoms with E-state index in [4.69, 9.17) is 42.7 Å². The Morgan fingerprint density at radius 2 is 0.863 bits per heavy atom. The van der Waals surface area contributed by atoms with Gasteiger partial charge in [-0.25, -0.2) is 0 Å². The molecule has 0 aliphatic heterocycles. The fourth-order valence-electron chi connectivity index (χ4n) is 4.76. The van der Waals surface area contributed by atoms with Gasteiger partial charge in [0.05, 0.1) is 38.6 Å². The standard InChI is InChI=1S/C28H45N19O4/c1-3-5-7-9-23(11-25(48)13-50-21-27(15-35-42-29,16-36-43-30)17-37-44-31)41-24(10-8-6-4-2)12-26(49)14-51-22-28(18-38-45-32,19-39-46-33)20-40-47-34/h3-8,23-26,41,48-49H,1-2,9-22H2. The van der Waals surface area contributed by atoms with E-state index in [1.165, 1.54) is 0 Å². The van der Waals surface area contributed by atoms with Gasteiger partial charge < -0.3 is 25.0 Å². The Labute approximate surface area is 294 Å². The van der Waals surface area contributed by atoms with Crippen molar-refractivity contribution in [2.45, 2.75) is 50.0 Å². The van der Waals surface area contributed by atoms with E-state index in [-0.39, 0.29) is 90.6 Å². The molecule has 0 saturated heterocycles. The lowest BCUT2D eigenvalue weighted by Crippen LogP contribution is -2.43. The number of nitrogens with zero attached hydrogens (tertiary/aromatic N) is 18. The monoisotopic (exact) mass is 711 g/mol. The number of rotatable bonds is 32. The maximum absolute atomic E-state index is 10.9. The van der Waals surface area contributed by atoms with Crippen LogP contribution in [0.1, 0.15) is 25.7 Å². The molecule has 0 aliphatic rings. The summed E-state index contributed by atoms with van der Waals surface area (Å²) in [5.41, 5.74) is 50.7. The molecule has 0 aromatic carbocycles. The van der Waals surface area contributed by atoms with Crippen molar-refractivity contribution in [2.75, 3.05) is 65.7 Å². The van der Waals surface area contributed by atoms with Crippen LogP contribution in [0.5, 0.6) is 0 Å². The number of aliphatic hydroxyl groups excluding tert-OH is 2. The molecule has 0 bridgehead atoms. The first-order chi connectivity index (χ1) is 24.7. The third kappa shape index (κ3) is 22.1. The van der Waals surface area contributed by atoms with Crippen molar-refractivity contribution in [1.82, 2.24) is 5.32 Å². The molecule has 0 aliphatic carbocycles. The van der Waals surface area contributed by atoms with Gasteiger partial charge in [-0.1, -0.05) is 80.3 Å². The summed E-state index contributed by atoms with van der Waals surface area (Å²) in [6.45, 7) is 5.80. The van der Waals surface area contributed by atoms with Gasteiger partial charge in [0.2, 0.25) is 0 Å². The van der Waals surface area contributed by atoms with Crippen LogP contribution in [0.15, 0.2) is 80.3 Å². The van der Waals surface area contributed by atoms with Gasteiger partial charge in [0.25, 0.3) is 0 Å². The lowest BCUT2D eigenvalue weighted by molar-refractivity contribution is -0.0110. The quantitative estimate of drug-likeness (QED) is 0.0287. The van der Waals surface area contributed by atoms with Gasteiger partial charge in [0, 0.05) is 91.7 Å². The van der Waals surface area contributed by atoms with E-state index >= 15 is 0 Å². The Morgan fingerprint density at radius 3 is 1.12 bits per heavy atom. The molecule has 23 nitrogen and oxygen atoms in total. The summed E-state index contributed by atoms with van der Waals surface area (Å²) in [6, 6.07) is -0.614. The van der Waals surface area contributed by atoms with Crippen molar-refractivity contribution in [1.29, 1.82) is 0 Å². The lowest BCUT2D eigenvalue weighted by Gasteiger charge is -2.31. The summed E-state index contributed by atoms with van der Waals surface area (Å²) < 4.78 is 11.5. The van der Waals surface area contributed by atoms with Crippen molar-refractivity contribution >= 4 is 0 Å². The largest absolute Gasteiger partial charge is 0.391 e. The van der Waals surface area contributed by atoms with Gasteiger partial charge in [-0.15, -0.1) is 0 Å². The van der Waals surface area contributed by atoms with Gasteiger partial charge in [0.1, 0.15) is 0 Å². The molecule has 4 unspecified atom stereocenters. The number of azide groups is 6.